The number of amides is 1. The first-order valence-corrected chi connectivity index (χ1v) is 6.49. The van der Waals surface area contributed by atoms with E-state index < -0.39 is 5.97 Å². The molecule has 0 unspecified atom stereocenters. The normalized spacial score (nSPS) is 14.1. The molecule has 0 spiro atoms. The van der Waals surface area contributed by atoms with Crippen LogP contribution < -0.4 is 10.1 Å². The maximum absolute atomic E-state index is 12.0. The molecular formula is C14H18N2O4. The number of anilines is 1. The smallest absolute Gasteiger partial charge is 0.317 e. The summed E-state index contributed by atoms with van der Waals surface area (Å²) in [6.45, 7) is -0.0287. The predicted molar refractivity (Wildman–Crippen MR) is 73.9 cm³/mol. The van der Waals surface area contributed by atoms with Gasteiger partial charge >= 0.3 is 5.97 Å². The van der Waals surface area contributed by atoms with E-state index in [1.165, 1.54) is 7.11 Å². The van der Waals surface area contributed by atoms with Crippen LogP contribution in [0.15, 0.2) is 24.3 Å². The standard InChI is InChI=1S/C14H18N2O4/c1-20-12-5-3-2-4-11(12)15-13(17)8-16(9-14(18)19)10-6-7-10/h2-5,10H,6-9H2,1H3,(H,15,17)(H,18,19). The zero-order valence-electron chi connectivity index (χ0n) is 11.3. The Hall–Kier alpha value is -2.08. The topological polar surface area (TPSA) is 78.9 Å². The Morgan fingerprint density at radius 1 is 1.35 bits per heavy atom. The van der Waals surface area contributed by atoms with Gasteiger partial charge in [-0.3, -0.25) is 14.5 Å². The maximum atomic E-state index is 12.0. The lowest BCUT2D eigenvalue weighted by molar-refractivity contribution is -0.138. The molecule has 2 N–H and O–H groups in total. The highest BCUT2D eigenvalue weighted by molar-refractivity contribution is 5.93. The van der Waals surface area contributed by atoms with Crippen molar-refractivity contribution in [2.75, 3.05) is 25.5 Å². The summed E-state index contributed by atoms with van der Waals surface area (Å²) in [6.07, 6.45) is 1.91. The number of aliphatic carboxylic acids is 1. The van der Waals surface area contributed by atoms with Crippen molar-refractivity contribution in [2.45, 2.75) is 18.9 Å². The van der Waals surface area contributed by atoms with Crippen molar-refractivity contribution in [3.8, 4) is 5.75 Å². The molecule has 1 aliphatic carbocycles. The average Bonchev–Trinajstić information content (AvgIpc) is 3.22. The third-order valence-electron chi connectivity index (χ3n) is 3.13. The van der Waals surface area contributed by atoms with E-state index >= 15 is 0 Å². The van der Waals surface area contributed by atoms with Crippen LogP contribution in [0.5, 0.6) is 5.75 Å². The van der Waals surface area contributed by atoms with Gasteiger partial charge in [0.1, 0.15) is 5.75 Å². The molecule has 2 rings (SSSR count). The summed E-state index contributed by atoms with van der Waals surface area (Å²) in [7, 11) is 1.53. The number of rotatable bonds is 7. The van der Waals surface area contributed by atoms with Crippen LogP contribution in [0.2, 0.25) is 0 Å². The number of nitrogens with zero attached hydrogens (tertiary/aromatic N) is 1. The lowest BCUT2D eigenvalue weighted by Crippen LogP contribution is -2.38. The Kier molecular flexibility index (Phi) is 4.57. The summed E-state index contributed by atoms with van der Waals surface area (Å²) in [5, 5.41) is 11.6. The number of carbonyl (C=O) groups excluding carboxylic acids is 1. The van der Waals surface area contributed by atoms with Crippen LogP contribution in [0, 0.1) is 0 Å². The fourth-order valence-electron chi connectivity index (χ4n) is 2.05. The van der Waals surface area contributed by atoms with Gasteiger partial charge in [-0.05, 0) is 25.0 Å². The Balaban J connectivity index is 1.95. The number of benzene rings is 1. The molecular weight excluding hydrogens is 260 g/mol. The number of carbonyl (C=O) groups is 2. The van der Waals surface area contributed by atoms with Crippen LogP contribution in [-0.2, 0) is 9.59 Å². The van der Waals surface area contributed by atoms with Gasteiger partial charge in [0.05, 0.1) is 25.9 Å². The highest BCUT2D eigenvalue weighted by atomic mass is 16.5. The van der Waals surface area contributed by atoms with Gasteiger partial charge in [-0.2, -0.15) is 0 Å². The van der Waals surface area contributed by atoms with Crippen LogP contribution in [0.25, 0.3) is 0 Å². The number of methoxy groups -OCH3 is 1. The molecule has 1 amide bonds. The Labute approximate surface area is 117 Å². The monoisotopic (exact) mass is 278 g/mol. The lowest BCUT2D eigenvalue weighted by Gasteiger charge is -2.19. The van der Waals surface area contributed by atoms with Gasteiger partial charge in [0.15, 0.2) is 0 Å². The molecule has 1 aliphatic rings. The first kappa shape index (κ1) is 14.3. The molecule has 0 bridgehead atoms. The molecule has 6 heteroatoms. The molecule has 0 atom stereocenters. The molecule has 0 saturated heterocycles. The predicted octanol–water partition coefficient (Wildman–Crippen LogP) is 1.18. The van der Waals surface area contributed by atoms with Gasteiger partial charge in [0.25, 0.3) is 0 Å². The van der Waals surface area contributed by atoms with Crippen LogP contribution in [0.1, 0.15) is 12.8 Å². The van der Waals surface area contributed by atoms with Crippen molar-refractivity contribution in [3.05, 3.63) is 24.3 Å². The van der Waals surface area contributed by atoms with E-state index in [1.54, 1.807) is 23.1 Å². The number of carboxylic acids is 1. The van der Waals surface area contributed by atoms with Crippen LogP contribution in [-0.4, -0.2) is 48.1 Å². The van der Waals surface area contributed by atoms with Gasteiger partial charge in [-0.1, -0.05) is 12.1 Å². The Bertz CT molecular complexity index is 500. The zero-order valence-corrected chi connectivity index (χ0v) is 11.3. The largest absolute Gasteiger partial charge is 0.495 e. The number of hydrogen-bond donors (Lipinski definition) is 2. The second-order valence-corrected chi connectivity index (χ2v) is 4.78. The molecule has 0 aliphatic heterocycles. The summed E-state index contributed by atoms with van der Waals surface area (Å²) in [5.41, 5.74) is 0.589. The van der Waals surface area contributed by atoms with E-state index in [1.807, 2.05) is 6.07 Å². The average molecular weight is 278 g/mol. The second-order valence-electron chi connectivity index (χ2n) is 4.78. The Morgan fingerprint density at radius 2 is 2.05 bits per heavy atom. The minimum Gasteiger partial charge on any atom is -0.495 e. The first-order valence-electron chi connectivity index (χ1n) is 6.49. The van der Waals surface area contributed by atoms with Gasteiger partial charge in [-0.15, -0.1) is 0 Å². The summed E-state index contributed by atoms with van der Waals surface area (Å²) in [4.78, 5) is 24.5. The van der Waals surface area contributed by atoms with E-state index in [0.29, 0.717) is 11.4 Å². The molecule has 6 nitrogen and oxygen atoms in total. The molecule has 1 aromatic rings. The highest BCUT2D eigenvalue weighted by Gasteiger charge is 2.31. The van der Waals surface area contributed by atoms with Crippen molar-refractivity contribution < 1.29 is 19.4 Å². The highest BCUT2D eigenvalue weighted by Crippen LogP contribution is 2.27. The van der Waals surface area contributed by atoms with Crippen molar-refractivity contribution in [1.82, 2.24) is 4.90 Å². The maximum Gasteiger partial charge on any atom is 0.317 e. The molecule has 108 valence electrons. The van der Waals surface area contributed by atoms with Gasteiger partial charge in [0.2, 0.25) is 5.91 Å². The van der Waals surface area contributed by atoms with Gasteiger partial charge in [0, 0.05) is 6.04 Å². The Morgan fingerprint density at radius 3 is 2.65 bits per heavy atom. The fourth-order valence-corrected chi connectivity index (χ4v) is 2.05. The summed E-state index contributed by atoms with van der Waals surface area (Å²) in [5.74, 6) is -0.568. The quantitative estimate of drug-likeness (QED) is 0.783. The molecule has 0 heterocycles. The molecule has 1 saturated carbocycles. The van der Waals surface area contributed by atoms with E-state index in [4.69, 9.17) is 9.84 Å². The molecule has 0 radical (unpaired) electrons. The molecule has 1 aromatic carbocycles. The second kappa shape index (κ2) is 6.38. The van der Waals surface area contributed by atoms with Gasteiger partial charge < -0.3 is 15.2 Å². The van der Waals surface area contributed by atoms with Crippen molar-refractivity contribution in [2.24, 2.45) is 0 Å². The van der Waals surface area contributed by atoms with Crippen LogP contribution in [0.4, 0.5) is 5.69 Å². The SMILES string of the molecule is COc1ccccc1NC(=O)CN(CC(=O)O)C1CC1. The summed E-state index contributed by atoms with van der Waals surface area (Å²) >= 11 is 0. The number of carboxylic acid groups (broad SMARTS) is 1. The lowest BCUT2D eigenvalue weighted by atomic mass is 10.3. The van der Waals surface area contributed by atoms with Crippen LogP contribution in [0.3, 0.4) is 0 Å². The zero-order chi connectivity index (χ0) is 14.5. The van der Waals surface area contributed by atoms with Gasteiger partial charge in [-0.25, -0.2) is 0 Å². The minimum absolute atomic E-state index is 0.0784. The van der Waals surface area contributed by atoms with E-state index in [0.717, 1.165) is 12.8 Å². The van der Waals surface area contributed by atoms with E-state index in [2.05, 4.69) is 5.32 Å². The van der Waals surface area contributed by atoms with E-state index in [-0.39, 0.29) is 25.0 Å². The number of nitrogens with one attached hydrogen (secondary N) is 1. The number of ether oxygens (including phenoxy) is 1. The minimum atomic E-state index is -0.915. The van der Waals surface area contributed by atoms with Crippen molar-refractivity contribution >= 4 is 17.6 Å². The summed E-state index contributed by atoms with van der Waals surface area (Å²) in [6, 6.07) is 7.33. The fraction of sp³-hybridized carbons (Fsp3) is 0.429. The summed E-state index contributed by atoms with van der Waals surface area (Å²) < 4.78 is 5.15. The third-order valence-corrected chi connectivity index (χ3v) is 3.13. The van der Waals surface area contributed by atoms with Crippen LogP contribution >= 0.6 is 0 Å². The molecule has 0 aromatic heterocycles. The first-order chi connectivity index (χ1) is 9.60. The van der Waals surface area contributed by atoms with Crippen molar-refractivity contribution in [3.63, 3.8) is 0 Å². The number of hydrogen-bond acceptors (Lipinski definition) is 4. The number of para-hydroxylation sites is 2. The molecule has 1 fully saturated rings. The third kappa shape index (κ3) is 3.96. The van der Waals surface area contributed by atoms with Crippen molar-refractivity contribution in [1.29, 1.82) is 0 Å². The molecule has 20 heavy (non-hydrogen) atoms. The van der Waals surface area contributed by atoms with E-state index in [9.17, 15) is 9.59 Å².